The molecular formula is C11H16N2O5S2. The molecule has 0 aromatic carbocycles. The third-order valence-corrected chi connectivity index (χ3v) is 7.10. The van der Waals surface area contributed by atoms with E-state index in [2.05, 4.69) is 4.98 Å². The molecular weight excluding hydrogens is 304 g/mol. The fourth-order valence-electron chi connectivity index (χ4n) is 2.36. The molecule has 2 rings (SSSR count). The first-order chi connectivity index (χ1) is 9.28. The highest BCUT2D eigenvalue weighted by Gasteiger charge is 2.38. The molecule has 0 radical (unpaired) electrons. The van der Waals surface area contributed by atoms with Gasteiger partial charge in [-0.15, -0.1) is 0 Å². The second-order valence-electron chi connectivity index (χ2n) is 4.64. The van der Waals surface area contributed by atoms with Gasteiger partial charge in [0.05, 0.1) is 11.5 Å². The lowest BCUT2D eigenvalue weighted by atomic mass is 10.3. The minimum atomic E-state index is -3.99. The van der Waals surface area contributed by atoms with E-state index in [0.717, 1.165) is 16.6 Å². The van der Waals surface area contributed by atoms with Crippen molar-refractivity contribution in [3.05, 3.63) is 28.7 Å². The molecule has 0 aliphatic carbocycles. The molecule has 1 aromatic rings. The zero-order valence-corrected chi connectivity index (χ0v) is 12.6. The maximum atomic E-state index is 12.5. The van der Waals surface area contributed by atoms with E-state index in [9.17, 15) is 21.6 Å². The van der Waals surface area contributed by atoms with Gasteiger partial charge >= 0.3 is 0 Å². The van der Waals surface area contributed by atoms with E-state index in [4.69, 9.17) is 0 Å². The number of hydrogen-bond donors (Lipinski definition) is 1. The number of hydrogen-bond acceptors (Lipinski definition) is 5. The fourth-order valence-corrected chi connectivity index (χ4v) is 5.89. The van der Waals surface area contributed by atoms with E-state index >= 15 is 0 Å². The Bertz CT molecular complexity index is 751. The predicted octanol–water partition coefficient (Wildman–Crippen LogP) is -0.427. The van der Waals surface area contributed by atoms with Gasteiger partial charge < -0.3 is 4.98 Å². The summed E-state index contributed by atoms with van der Waals surface area (Å²) in [7, 11) is -7.19. The first kappa shape index (κ1) is 15.2. The fraction of sp³-hybridized carbons (Fsp3) is 0.545. The van der Waals surface area contributed by atoms with Gasteiger partial charge in [-0.2, -0.15) is 4.31 Å². The predicted molar refractivity (Wildman–Crippen MR) is 73.7 cm³/mol. The van der Waals surface area contributed by atoms with Gasteiger partial charge in [0.25, 0.3) is 0 Å². The summed E-state index contributed by atoms with van der Waals surface area (Å²) < 4.78 is 49.1. The molecule has 20 heavy (non-hydrogen) atoms. The summed E-state index contributed by atoms with van der Waals surface area (Å²) >= 11 is 0. The standard InChI is InChI=1S/C11H16N2O5S2/c1-2-13(9-4-6-19(15,16)8-9)20(17,18)11-7-12-5-3-10(11)14/h3,5,7,9H,2,4,6,8H2,1H3,(H,12,14). The van der Waals surface area contributed by atoms with Gasteiger partial charge in [-0.1, -0.05) is 6.92 Å². The summed E-state index contributed by atoms with van der Waals surface area (Å²) in [4.78, 5) is 13.9. The summed E-state index contributed by atoms with van der Waals surface area (Å²) in [5, 5.41) is 0. The number of nitrogens with one attached hydrogen (secondary N) is 1. The molecule has 112 valence electrons. The van der Waals surface area contributed by atoms with Crippen LogP contribution >= 0.6 is 0 Å². The maximum Gasteiger partial charge on any atom is 0.248 e. The molecule has 0 saturated carbocycles. The summed E-state index contributed by atoms with van der Waals surface area (Å²) in [5.74, 6) is -0.209. The number of sulfone groups is 1. The first-order valence-corrected chi connectivity index (χ1v) is 9.43. The van der Waals surface area contributed by atoms with Gasteiger partial charge in [0.2, 0.25) is 15.5 Å². The van der Waals surface area contributed by atoms with Crippen molar-refractivity contribution in [1.29, 1.82) is 0 Å². The summed E-state index contributed by atoms with van der Waals surface area (Å²) in [6, 6.07) is 0.529. The Balaban J connectivity index is 2.42. The molecule has 1 unspecified atom stereocenters. The van der Waals surface area contributed by atoms with E-state index in [-0.39, 0.29) is 29.4 Å². The van der Waals surface area contributed by atoms with Crippen LogP contribution in [0, 0.1) is 0 Å². The lowest BCUT2D eigenvalue weighted by Crippen LogP contribution is -2.42. The molecule has 2 heterocycles. The van der Waals surface area contributed by atoms with Crippen LogP contribution in [-0.4, -0.2) is 50.2 Å². The second kappa shape index (κ2) is 5.30. The van der Waals surface area contributed by atoms with Crippen LogP contribution in [0.3, 0.4) is 0 Å². The number of aromatic nitrogens is 1. The summed E-state index contributed by atoms with van der Waals surface area (Å²) in [5.41, 5.74) is -0.608. The summed E-state index contributed by atoms with van der Waals surface area (Å²) in [6.07, 6.45) is 2.74. The van der Waals surface area contributed by atoms with Crippen molar-refractivity contribution >= 4 is 19.9 Å². The molecule has 0 spiro atoms. The van der Waals surface area contributed by atoms with Gasteiger partial charge in [0, 0.05) is 31.0 Å². The quantitative estimate of drug-likeness (QED) is 0.811. The summed E-state index contributed by atoms with van der Waals surface area (Å²) in [6.45, 7) is 1.75. The average Bonchev–Trinajstić information content (AvgIpc) is 2.70. The normalized spacial score (nSPS) is 22.2. The Kier molecular flexibility index (Phi) is 4.03. The SMILES string of the molecule is CCN(C1CCS(=O)(=O)C1)S(=O)(=O)c1c[nH]ccc1=O. The zero-order chi connectivity index (χ0) is 15.0. The van der Waals surface area contributed by atoms with E-state index in [1.165, 1.54) is 6.20 Å². The van der Waals surface area contributed by atoms with Crippen molar-refractivity contribution in [3.63, 3.8) is 0 Å². The highest BCUT2D eigenvalue weighted by molar-refractivity contribution is 7.92. The van der Waals surface area contributed by atoms with Crippen LogP contribution in [0.1, 0.15) is 13.3 Å². The largest absolute Gasteiger partial charge is 0.366 e. The Morgan fingerprint density at radius 3 is 2.65 bits per heavy atom. The van der Waals surface area contributed by atoms with Gasteiger partial charge in [0.1, 0.15) is 4.90 Å². The smallest absolute Gasteiger partial charge is 0.248 e. The molecule has 0 bridgehead atoms. The maximum absolute atomic E-state index is 12.5. The molecule has 1 atom stereocenters. The van der Waals surface area contributed by atoms with Gasteiger partial charge in [-0.05, 0) is 6.42 Å². The molecule has 9 heteroatoms. The molecule has 7 nitrogen and oxygen atoms in total. The van der Waals surface area contributed by atoms with Crippen molar-refractivity contribution in [2.45, 2.75) is 24.3 Å². The van der Waals surface area contributed by atoms with Crippen molar-refractivity contribution in [2.75, 3.05) is 18.1 Å². The van der Waals surface area contributed by atoms with Crippen LogP contribution in [0.5, 0.6) is 0 Å². The molecule has 1 fully saturated rings. The number of aromatic amines is 1. The lowest BCUT2D eigenvalue weighted by molar-refractivity contribution is 0.354. The van der Waals surface area contributed by atoms with E-state index < -0.39 is 31.3 Å². The van der Waals surface area contributed by atoms with Crippen LogP contribution in [0.2, 0.25) is 0 Å². The van der Waals surface area contributed by atoms with Gasteiger partial charge in [-0.25, -0.2) is 16.8 Å². The number of sulfonamides is 1. The van der Waals surface area contributed by atoms with Crippen LogP contribution in [0.25, 0.3) is 0 Å². The number of H-pyrrole nitrogens is 1. The minimum absolute atomic E-state index is 0.0190. The molecule has 1 saturated heterocycles. The molecule has 1 aromatic heterocycles. The third-order valence-electron chi connectivity index (χ3n) is 3.30. The first-order valence-electron chi connectivity index (χ1n) is 6.17. The molecule has 0 amide bonds. The van der Waals surface area contributed by atoms with Crippen molar-refractivity contribution in [3.8, 4) is 0 Å². The lowest BCUT2D eigenvalue weighted by Gasteiger charge is -2.25. The van der Waals surface area contributed by atoms with Crippen molar-refractivity contribution in [2.24, 2.45) is 0 Å². The zero-order valence-electron chi connectivity index (χ0n) is 10.9. The van der Waals surface area contributed by atoms with E-state index in [1.807, 2.05) is 0 Å². The van der Waals surface area contributed by atoms with Crippen molar-refractivity contribution in [1.82, 2.24) is 9.29 Å². The third kappa shape index (κ3) is 2.79. The monoisotopic (exact) mass is 320 g/mol. The van der Waals surface area contributed by atoms with E-state index in [1.54, 1.807) is 6.92 Å². The second-order valence-corrected chi connectivity index (χ2v) is 8.73. The van der Waals surface area contributed by atoms with Crippen LogP contribution < -0.4 is 5.43 Å². The number of rotatable bonds is 4. The number of nitrogens with zero attached hydrogens (tertiary/aromatic N) is 1. The Hall–Kier alpha value is -1.19. The number of pyridine rings is 1. The van der Waals surface area contributed by atoms with E-state index in [0.29, 0.717) is 0 Å². The Morgan fingerprint density at radius 1 is 1.45 bits per heavy atom. The highest BCUT2D eigenvalue weighted by Crippen LogP contribution is 2.23. The van der Waals surface area contributed by atoms with Crippen LogP contribution in [-0.2, 0) is 19.9 Å². The Morgan fingerprint density at radius 2 is 2.15 bits per heavy atom. The minimum Gasteiger partial charge on any atom is -0.366 e. The Labute approximate surface area is 117 Å². The van der Waals surface area contributed by atoms with Crippen LogP contribution in [0.15, 0.2) is 28.2 Å². The van der Waals surface area contributed by atoms with Crippen molar-refractivity contribution < 1.29 is 16.8 Å². The van der Waals surface area contributed by atoms with Crippen LogP contribution in [0.4, 0.5) is 0 Å². The average molecular weight is 320 g/mol. The molecule has 1 N–H and O–H groups in total. The van der Waals surface area contributed by atoms with Gasteiger partial charge in [0.15, 0.2) is 9.84 Å². The molecule has 1 aliphatic heterocycles. The topological polar surface area (TPSA) is 104 Å². The molecule has 1 aliphatic rings. The van der Waals surface area contributed by atoms with Gasteiger partial charge in [-0.3, -0.25) is 4.79 Å². The highest BCUT2D eigenvalue weighted by atomic mass is 32.2.